The lowest BCUT2D eigenvalue weighted by Crippen LogP contribution is -2.31. The van der Waals surface area contributed by atoms with Crippen molar-refractivity contribution in [2.45, 2.75) is 70.1 Å². The first-order valence-electron chi connectivity index (χ1n) is 7.54. The molecule has 1 aliphatic heterocycles. The molecule has 20 heavy (non-hydrogen) atoms. The zero-order chi connectivity index (χ0) is 14.8. The number of alkyl halides is 1. The van der Waals surface area contributed by atoms with E-state index >= 15 is 0 Å². The van der Waals surface area contributed by atoms with Crippen LogP contribution in [-0.2, 0) is 14.3 Å². The topological polar surface area (TPSA) is 43.4 Å². The minimum atomic E-state index is -1.82. The molecule has 2 fully saturated rings. The van der Waals surface area contributed by atoms with Gasteiger partial charge < -0.3 is 4.74 Å². The van der Waals surface area contributed by atoms with Gasteiger partial charge in [0.2, 0.25) is 0 Å². The van der Waals surface area contributed by atoms with Crippen molar-refractivity contribution in [3.05, 3.63) is 12.2 Å². The number of carbonyl (C=O) groups excluding carboxylic acids is 2. The van der Waals surface area contributed by atoms with E-state index in [1.807, 2.05) is 6.92 Å². The summed E-state index contributed by atoms with van der Waals surface area (Å²) in [7, 11) is 0. The van der Waals surface area contributed by atoms with Gasteiger partial charge in [0.05, 0.1) is 6.42 Å². The van der Waals surface area contributed by atoms with Crippen LogP contribution >= 0.6 is 0 Å². The molecule has 0 spiro atoms. The predicted octanol–water partition coefficient (Wildman–Crippen LogP) is 3.52. The van der Waals surface area contributed by atoms with Gasteiger partial charge in [-0.05, 0) is 44.8 Å². The third kappa shape index (κ3) is 2.94. The fourth-order valence-corrected chi connectivity index (χ4v) is 3.21. The monoisotopic (exact) mass is 282 g/mol. The first kappa shape index (κ1) is 15.2. The van der Waals surface area contributed by atoms with E-state index in [0.717, 1.165) is 25.7 Å². The molecule has 3 nitrogen and oxygen atoms in total. The minimum Gasteiger partial charge on any atom is -0.454 e. The number of fused-ring (bicyclic) bond motifs is 1. The number of halogens is 1. The van der Waals surface area contributed by atoms with Gasteiger partial charge in [0.25, 0.3) is 0 Å². The summed E-state index contributed by atoms with van der Waals surface area (Å²) in [5.41, 5.74) is -2.46. The van der Waals surface area contributed by atoms with E-state index in [4.69, 9.17) is 4.74 Å². The number of hydrogen-bond acceptors (Lipinski definition) is 3. The molecule has 0 N–H and O–H groups in total. The third-order valence-electron chi connectivity index (χ3n) is 4.56. The summed E-state index contributed by atoms with van der Waals surface area (Å²) in [5.74, 6) is -0.574. The minimum absolute atomic E-state index is 0.153. The predicted molar refractivity (Wildman–Crippen MR) is 74.0 cm³/mol. The highest BCUT2D eigenvalue weighted by Crippen LogP contribution is 2.46. The van der Waals surface area contributed by atoms with Crippen LogP contribution in [0, 0.1) is 5.92 Å². The zero-order valence-corrected chi connectivity index (χ0v) is 12.3. The lowest BCUT2D eigenvalue weighted by Gasteiger charge is -2.24. The Hall–Kier alpha value is -1.19. The fourth-order valence-electron chi connectivity index (χ4n) is 3.21. The lowest BCUT2D eigenvalue weighted by atomic mass is 9.88. The molecule has 4 heteroatoms. The van der Waals surface area contributed by atoms with Crippen LogP contribution < -0.4 is 0 Å². The molecule has 0 bridgehead atoms. The second-order valence-electron chi connectivity index (χ2n) is 6.22. The molecule has 1 saturated carbocycles. The number of rotatable bonds is 6. The van der Waals surface area contributed by atoms with Gasteiger partial charge in [-0.1, -0.05) is 19.8 Å². The maximum absolute atomic E-state index is 14.3. The summed E-state index contributed by atoms with van der Waals surface area (Å²) in [6.07, 6.45) is 7.81. The molecule has 0 radical (unpaired) electrons. The van der Waals surface area contributed by atoms with Crippen molar-refractivity contribution in [1.29, 1.82) is 0 Å². The molecule has 0 aromatic heterocycles. The van der Waals surface area contributed by atoms with Gasteiger partial charge in [-0.15, -0.1) is 0 Å². The Balaban J connectivity index is 2.05. The number of esters is 1. The summed E-state index contributed by atoms with van der Waals surface area (Å²) in [5, 5.41) is 0. The van der Waals surface area contributed by atoms with E-state index in [1.165, 1.54) is 13.0 Å². The highest BCUT2D eigenvalue weighted by Gasteiger charge is 2.50. The number of allylic oxidation sites excluding steroid dienone is 1. The van der Waals surface area contributed by atoms with Crippen molar-refractivity contribution in [3.8, 4) is 0 Å². The molecule has 0 aromatic carbocycles. The largest absolute Gasteiger partial charge is 0.454 e. The summed E-state index contributed by atoms with van der Waals surface area (Å²) in [4.78, 5) is 23.4. The summed E-state index contributed by atoms with van der Waals surface area (Å²) in [6.45, 7) is 3.30. The Morgan fingerprint density at radius 3 is 3.05 bits per heavy atom. The van der Waals surface area contributed by atoms with Crippen LogP contribution in [0.1, 0.15) is 58.8 Å². The fraction of sp³-hybridized carbons (Fsp3) is 0.750. The van der Waals surface area contributed by atoms with Gasteiger partial charge in [-0.2, -0.15) is 0 Å². The number of ketones is 1. The number of hydrogen-bond donors (Lipinski definition) is 0. The van der Waals surface area contributed by atoms with Gasteiger partial charge in [0.15, 0.2) is 11.5 Å². The van der Waals surface area contributed by atoms with Gasteiger partial charge >= 0.3 is 5.97 Å². The Kier molecular flexibility index (Phi) is 4.31. The Morgan fingerprint density at radius 2 is 2.35 bits per heavy atom. The Labute approximate surface area is 119 Å². The molecule has 0 amide bonds. The molecule has 112 valence electrons. The molecule has 1 heterocycles. The molecule has 1 saturated heterocycles. The maximum atomic E-state index is 14.3. The average Bonchev–Trinajstić information content (AvgIpc) is 2.89. The van der Waals surface area contributed by atoms with Gasteiger partial charge in [-0.25, -0.2) is 4.39 Å². The van der Waals surface area contributed by atoms with E-state index < -0.39 is 17.1 Å². The average molecular weight is 282 g/mol. The second-order valence-corrected chi connectivity index (χ2v) is 6.22. The Bertz CT molecular complexity index is 427. The molecule has 2 aliphatic rings. The lowest BCUT2D eigenvalue weighted by molar-refractivity contribution is -0.145. The SMILES string of the molecule is CCCC[C@@](C)(F)C(=O)C=C[C@@]12CCC[C@H]1CC(=O)O2. The van der Waals surface area contributed by atoms with Gasteiger partial charge in [0, 0.05) is 5.92 Å². The van der Waals surface area contributed by atoms with Crippen LogP contribution in [0.2, 0.25) is 0 Å². The van der Waals surface area contributed by atoms with Crippen LogP contribution in [0.25, 0.3) is 0 Å². The first-order valence-corrected chi connectivity index (χ1v) is 7.54. The molecule has 1 aliphatic carbocycles. The quantitative estimate of drug-likeness (QED) is 0.553. The van der Waals surface area contributed by atoms with E-state index in [0.29, 0.717) is 12.8 Å². The number of unbranched alkanes of at least 4 members (excludes halogenated alkanes) is 1. The van der Waals surface area contributed by atoms with Crippen LogP contribution in [-0.4, -0.2) is 23.0 Å². The van der Waals surface area contributed by atoms with E-state index in [1.54, 1.807) is 6.08 Å². The molecular weight excluding hydrogens is 259 g/mol. The van der Waals surface area contributed by atoms with Crippen LogP contribution in [0.3, 0.4) is 0 Å². The summed E-state index contributed by atoms with van der Waals surface area (Å²) in [6, 6.07) is 0. The highest BCUT2D eigenvalue weighted by molar-refractivity contribution is 5.96. The normalized spacial score (nSPS) is 32.1. The van der Waals surface area contributed by atoms with Crippen LogP contribution in [0.4, 0.5) is 4.39 Å². The van der Waals surface area contributed by atoms with Crippen molar-refractivity contribution in [2.75, 3.05) is 0 Å². The Morgan fingerprint density at radius 1 is 1.60 bits per heavy atom. The molecule has 0 unspecified atom stereocenters. The highest BCUT2D eigenvalue weighted by atomic mass is 19.1. The first-order chi connectivity index (χ1) is 9.39. The van der Waals surface area contributed by atoms with Crippen LogP contribution in [0.15, 0.2) is 12.2 Å². The number of ether oxygens (including phenoxy) is 1. The molecule has 3 atom stereocenters. The van der Waals surface area contributed by atoms with Gasteiger partial charge in [0.1, 0.15) is 5.60 Å². The maximum Gasteiger partial charge on any atom is 0.307 e. The molecular formula is C16H23FO3. The zero-order valence-electron chi connectivity index (χ0n) is 12.3. The van der Waals surface area contributed by atoms with Crippen molar-refractivity contribution in [2.24, 2.45) is 5.92 Å². The van der Waals surface area contributed by atoms with Crippen LogP contribution in [0.5, 0.6) is 0 Å². The van der Waals surface area contributed by atoms with Crippen molar-refractivity contribution in [3.63, 3.8) is 0 Å². The van der Waals surface area contributed by atoms with Crippen molar-refractivity contribution >= 4 is 11.8 Å². The van der Waals surface area contributed by atoms with Crippen molar-refractivity contribution in [1.82, 2.24) is 0 Å². The molecule has 0 aromatic rings. The van der Waals surface area contributed by atoms with Gasteiger partial charge in [-0.3, -0.25) is 9.59 Å². The van der Waals surface area contributed by atoms with Crippen molar-refractivity contribution < 1.29 is 18.7 Å². The van der Waals surface area contributed by atoms with E-state index in [9.17, 15) is 14.0 Å². The third-order valence-corrected chi connectivity index (χ3v) is 4.56. The number of carbonyl (C=O) groups is 2. The standard InChI is InChI=1S/C16H23FO3/c1-3-4-8-15(2,17)13(18)7-10-16-9-5-6-12(16)11-14(19)20-16/h7,10,12H,3-6,8-9,11H2,1-2H3/t12-,15+,16-/m0/s1. The second kappa shape index (κ2) is 5.66. The smallest absolute Gasteiger partial charge is 0.307 e. The molecule has 2 rings (SSSR count). The van der Waals surface area contributed by atoms with E-state index in [-0.39, 0.29) is 18.3 Å². The summed E-state index contributed by atoms with van der Waals surface area (Å²) >= 11 is 0. The van der Waals surface area contributed by atoms with E-state index in [2.05, 4.69) is 0 Å². The summed E-state index contributed by atoms with van der Waals surface area (Å²) < 4.78 is 19.7.